The Kier molecular flexibility index (Phi) is 10.0. The molecule has 0 bridgehead atoms. The quantitative estimate of drug-likeness (QED) is 0.551. The number of hydrogen-bond donors (Lipinski definition) is 0. The molecule has 146 valence electrons. The van der Waals surface area contributed by atoms with Gasteiger partial charge in [0.15, 0.2) is 0 Å². The van der Waals surface area contributed by atoms with Crippen LogP contribution < -0.4 is 0 Å². The van der Waals surface area contributed by atoms with Gasteiger partial charge in [0, 0.05) is 26.1 Å². The highest BCUT2D eigenvalue weighted by molar-refractivity contribution is 5.68. The molecule has 26 heavy (non-hydrogen) atoms. The van der Waals surface area contributed by atoms with E-state index in [0.29, 0.717) is 39.1 Å². The number of nitriles is 2. The number of rotatable bonds is 10. The summed E-state index contributed by atoms with van der Waals surface area (Å²) in [7, 11) is 0. The van der Waals surface area contributed by atoms with Gasteiger partial charge in [-0.2, -0.15) is 10.5 Å². The van der Waals surface area contributed by atoms with Crippen molar-refractivity contribution in [3.8, 4) is 12.1 Å². The van der Waals surface area contributed by atoms with Crippen LogP contribution in [-0.2, 0) is 14.2 Å². The monoisotopic (exact) mass is 365 g/mol. The smallest absolute Gasteiger partial charge is 0.410 e. The molecule has 1 amide bonds. The molecule has 0 N–H and O–H groups in total. The van der Waals surface area contributed by atoms with E-state index in [2.05, 4.69) is 12.1 Å². The summed E-state index contributed by atoms with van der Waals surface area (Å²) in [6.45, 7) is 7.49. The van der Waals surface area contributed by atoms with Gasteiger partial charge in [-0.3, -0.25) is 0 Å². The Morgan fingerprint density at radius 2 is 1.42 bits per heavy atom. The Morgan fingerprint density at radius 1 is 0.962 bits per heavy atom. The van der Waals surface area contributed by atoms with Crippen molar-refractivity contribution in [1.82, 2.24) is 4.90 Å². The zero-order chi connectivity index (χ0) is 19.4. The average Bonchev–Trinajstić information content (AvgIpc) is 2.96. The normalized spacial score (nSPS) is 19.8. The topological polar surface area (TPSA) is 95.6 Å². The van der Waals surface area contributed by atoms with E-state index in [1.165, 1.54) is 0 Å². The molecule has 0 radical (unpaired) electrons. The predicted molar refractivity (Wildman–Crippen MR) is 96.2 cm³/mol. The van der Waals surface area contributed by atoms with Gasteiger partial charge in [-0.05, 0) is 46.5 Å². The molecule has 2 atom stereocenters. The molecule has 0 aromatic rings. The van der Waals surface area contributed by atoms with E-state index < -0.39 is 5.60 Å². The van der Waals surface area contributed by atoms with Crippen LogP contribution in [0.15, 0.2) is 0 Å². The fourth-order valence-electron chi connectivity index (χ4n) is 2.62. The number of amides is 1. The maximum absolute atomic E-state index is 12.3. The van der Waals surface area contributed by atoms with Crippen LogP contribution in [-0.4, -0.2) is 55.1 Å². The van der Waals surface area contributed by atoms with Gasteiger partial charge in [-0.1, -0.05) is 0 Å². The van der Waals surface area contributed by atoms with E-state index >= 15 is 0 Å². The minimum Gasteiger partial charge on any atom is -0.444 e. The number of hydrogen-bond acceptors (Lipinski definition) is 6. The minimum absolute atomic E-state index is 0.194. The Balaban J connectivity index is 2.50. The fourth-order valence-corrected chi connectivity index (χ4v) is 2.62. The second kappa shape index (κ2) is 11.7. The number of unbranched alkanes of at least 4 members (excludes halogenated alkanes) is 4. The Morgan fingerprint density at radius 3 is 1.81 bits per heavy atom. The Hall–Kier alpha value is -1.83. The van der Waals surface area contributed by atoms with Gasteiger partial charge in [0.1, 0.15) is 17.8 Å². The second-order valence-electron chi connectivity index (χ2n) is 7.43. The maximum Gasteiger partial charge on any atom is 0.410 e. The van der Waals surface area contributed by atoms with Crippen molar-refractivity contribution < 1.29 is 19.0 Å². The van der Waals surface area contributed by atoms with Crippen molar-refractivity contribution in [2.45, 2.75) is 77.1 Å². The van der Waals surface area contributed by atoms with Crippen LogP contribution in [0.1, 0.15) is 59.3 Å². The molecule has 0 aromatic heterocycles. The minimum atomic E-state index is -0.541. The largest absolute Gasteiger partial charge is 0.444 e. The van der Waals surface area contributed by atoms with Crippen LogP contribution in [0, 0.1) is 22.7 Å². The predicted octanol–water partition coefficient (Wildman–Crippen LogP) is 3.40. The van der Waals surface area contributed by atoms with Crippen LogP contribution in [0.25, 0.3) is 0 Å². The van der Waals surface area contributed by atoms with Crippen molar-refractivity contribution in [3.63, 3.8) is 0 Å². The average molecular weight is 365 g/mol. The van der Waals surface area contributed by atoms with Gasteiger partial charge in [0.05, 0.1) is 25.2 Å². The first-order chi connectivity index (χ1) is 12.4. The summed E-state index contributed by atoms with van der Waals surface area (Å²) in [5.41, 5.74) is -0.541. The van der Waals surface area contributed by atoms with Crippen molar-refractivity contribution in [1.29, 1.82) is 10.5 Å². The lowest BCUT2D eigenvalue weighted by atomic mass is 10.2. The lowest BCUT2D eigenvalue weighted by Crippen LogP contribution is -2.36. The molecule has 1 fully saturated rings. The highest BCUT2D eigenvalue weighted by Crippen LogP contribution is 2.21. The van der Waals surface area contributed by atoms with E-state index in [-0.39, 0.29) is 18.3 Å². The molecule has 0 spiro atoms. The van der Waals surface area contributed by atoms with Crippen molar-refractivity contribution in [3.05, 3.63) is 0 Å². The van der Waals surface area contributed by atoms with E-state index in [0.717, 1.165) is 25.7 Å². The molecule has 1 heterocycles. The molecule has 7 nitrogen and oxygen atoms in total. The molecule has 1 rings (SSSR count). The summed E-state index contributed by atoms with van der Waals surface area (Å²) >= 11 is 0. The molecular formula is C19H31N3O4. The van der Waals surface area contributed by atoms with Crippen LogP contribution in [0.2, 0.25) is 0 Å². The van der Waals surface area contributed by atoms with Gasteiger partial charge in [0.25, 0.3) is 0 Å². The summed E-state index contributed by atoms with van der Waals surface area (Å²) in [5.74, 6) is 0. The second-order valence-corrected chi connectivity index (χ2v) is 7.43. The van der Waals surface area contributed by atoms with Crippen molar-refractivity contribution in [2.75, 3.05) is 26.3 Å². The van der Waals surface area contributed by atoms with Crippen LogP contribution in [0.4, 0.5) is 4.79 Å². The molecule has 0 aromatic carbocycles. The van der Waals surface area contributed by atoms with Gasteiger partial charge < -0.3 is 19.1 Å². The number of carbonyl (C=O) groups excluding carboxylic acids is 1. The molecule has 0 aliphatic carbocycles. The molecule has 0 unspecified atom stereocenters. The molecule has 1 saturated heterocycles. The highest BCUT2D eigenvalue weighted by atomic mass is 16.6. The summed E-state index contributed by atoms with van der Waals surface area (Å²) in [4.78, 5) is 13.9. The van der Waals surface area contributed by atoms with E-state index in [1.807, 2.05) is 20.8 Å². The molecular weight excluding hydrogens is 334 g/mol. The first kappa shape index (κ1) is 22.2. The first-order valence-corrected chi connectivity index (χ1v) is 9.32. The van der Waals surface area contributed by atoms with Crippen LogP contribution in [0.5, 0.6) is 0 Å². The number of ether oxygens (including phenoxy) is 3. The number of nitrogens with zero attached hydrogens (tertiary/aromatic N) is 3. The lowest BCUT2D eigenvalue weighted by Gasteiger charge is -2.24. The van der Waals surface area contributed by atoms with Crippen molar-refractivity contribution >= 4 is 6.09 Å². The third kappa shape index (κ3) is 9.03. The molecule has 7 heteroatoms. The Bertz CT molecular complexity index is 472. The third-order valence-electron chi connectivity index (χ3n) is 3.90. The molecule has 1 aliphatic heterocycles. The molecule has 0 saturated carbocycles. The maximum atomic E-state index is 12.3. The number of carbonyl (C=O) groups is 1. The summed E-state index contributed by atoms with van der Waals surface area (Å²) < 4.78 is 17.3. The van der Waals surface area contributed by atoms with E-state index in [4.69, 9.17) is 24.7 Å². The SMILES string of the molecule is CC(C)(C)OC(=O)N1C[C@H](OCCCCC#N)[C@H](OCCCCC#N)C1. The van der Waals surface area contributed by atoms with Crippen LogP contribution >= 0.6 is 0 Å². The van der Waals surface area contributed by atoms with Gasteiger partial charge in [0.2, 0.25) is 0 Å². The standard InChI is InChI=1S/C19H31N3O4/c1-19(2,3)26-18(23)22-14-16(24-12-8-4-6-10-20)17(15-22)25-13-9-5-7-11-21/h16-17H,4-9,12-15H2,1-3H3/t16-,17+. The fraction of sp³-hybridized carbons (Fsp3) is 0.842. The van der Waals surface area contributed by atoms with Gasteiger partial charge in [-0.15, -0.1) is 0 Å². The van der Waals surface area contributed by atoms with Crippen LogP contribution in [0.3, 0.4) is 0 Å². The Labute approximate surface area is 156 Å². The van der Waals surface area contributed by atoms with Gasteiger partial charge in [-0.25, -0.2) is 4.79 Å². The van der Waals surface area contributed by atoms with E-state index in [9.17, 15) is 4.79 Å². The summed E-state index contributed by atoms with van der Waals surface area (Å²) in [6, 6.07) is 4.24. The summed E-state index contributed by atoms with van der Waals surface area (Å²) in [5, 5.41) is 17.2. The van der Waals surface area contributed by atoms with Gasteiger partial charge >= 0.3 is 6.09 Å². The van der Waals surface area contributed by atoms with E-state index in [1.54, 1.807) is 4.90 Å². The third-order valence-corrected chi connectivity index (χ3v) is 3.90. The zero-order valence-electron chi connectivity index (χ0n) is 16.2. The molecule has 1 aliphatic rings. The lowest BCUT2D eigenvalue weighted by molar-refractivity contribution is -0.0479. The highest BCUT2D eigenvalue weighted by Gasteiger charge is 2.38. The zero-order valence-corrected chi connectivity index (χ0v) is 16.2. The first-order valence-electron chi connectivity index (χ1n) is 9.32. The van der Waals surface area contributed by atoms with Crippen molar-refractivity contribution in [2.24, 2.45) is 0 Å². The summed E-state index contributed by atoms with van der Waals surface area (Å²) in [6.07, 6.45) is 3.54. The number of likely N-dealkylation sites (tertiary alicyclic amines) is 1.